The Morgan fingerprint density at radius 2 is 2.33 bits per heavy atom. The monoisotopic (exact) mass is 258 g/mol. The molecule has 1 aliphatic heterocycles. The zero-order valence-corrected chi connectivity index (χ0v) is 11.7. The molecule has 1 aliphatic rings. The highest BCUT2D eigenvalue weighted by atomic mass is 16.5. The summed E-state index contributed by atoms with van der Waals surface area (Å²) in [5.41, 5.74) is -0.403. The number of methoxy groups -OCH3 is 1. The van der Waals surface area contributed by atoms with Crippen LogP contribution in [0.25, 0.3) is 0 Å². The first kappa shape index (κ1) is 15.4. The Labute approximate surface area is 109 Å². The molecule has 0 bridgehead atoms. The van der Waals surface area contributed by atoms with Gasteiger partial charge < -0.3 is 20.5 Å². The van der Waals surface area contributed by atoms with E-state index in [1.807, 2.05) is 13.8 Å². The molecule has 2 atom stereocenters. The van der Waals surface area contributed by atoms with Crippen LogP contribution < -0.4 is 10.6 Å². The number of hydrogen-bond acceptors (Lipinski definition) is 4. The first-order valence-electron chi connectivity index (χ1n) is 6.64. The number of hydrogen-bond donors (Lipinski definition) is 3. The van der Waals surface area contributed by atoms with E-state index in [4.69, 9.17) is 4.74 Å². The van der Waals surface area contributed by atoms with E-state index in [1.165, 1.54) is 7.11 Å². The molecule has 1 heterocycles. The molecule has 0 saturated carbocycles. The van der Waals surface area contributed by atoms with Crippen molar-refractivity contribution in [2.75, 3.05) is 33.4 Å². The Kier molecular flexibility index (Phi) is 6.05. The van der Waals surface area contributed by atoms with E-state index in [-0.39, 0.29) is 19.1 Å². The summed E-state index contributed by atoms with van der Waals surface area (Å²) >= 11 is 0. The van der Waals surface area contributed by atoms with Crippen molar-refractivity contribution in [2.45, 2.75) is 32.8 Å². The predicted octanol–water partition coefficient (Wildman–Crippen LogP) is 0.136. The molecule has 1 rings (SSSR count). The van der Waals surface area contributed by atoms with Gasteiger partial charge in [0.2, 0.25) is 5.91 Å². The van der Waals surface area contributed by atoms with Crippen LogP contribution in [0, 0.1) is 11.3 Å². The van der Waals surface area contributed by atoms with Gasteiger partial charge in [-0.05, 0) is 31.8 Å². The van der Waals surface area contributed by atoms with Gasteiger partial charge in [-0.1, -0.05) is 13.8 Å². The lowest BCUT2D eigenvalue weighted by Gasteiger charge is -2.36. The third-order valence-electron chi connectivity index (χ3n) is 3.76. The van der Waals surface area contributed by atoms with Crippen molar-refractivity contribution < 1.29 is 14.6 Å². The average Bonchev–Trinajstić information content (AvgIpc) is 2.37. The second-order valence-electron chi connectivity index (χ2n) is 5.58. The summed E-state index contributed by atoms with van der Waals surface area (Å²) in [4.78, 5) is 12.2. The molecule has 0 aromatic carbocycles. The van der Waals surface area contributed by atoms with Gasteiger partial charge in [-0.2, -0.15) is 0 Å². The van der Waals surface area contributed by atoms with Gasteiger partial charge >= 0.3 is 0 Å². The van der Waals surface area contributed by atoms with Crippen molar-refractivity contribution in [2.24, 2.45) is 11.3 Å². The van der Waals surface area contributed by atoms with Gasteiger partial charge in [0.15, 0.2) is 0 Å². The molecule has 5 heteroatoms. The molecule has 2 unspecified atom stereocenters. The van der Waals surface area contributed by atoms with E-state index in [9.17, 15) is 9.90 Å². The highest BCUT2D eigenvalue weighted by molar-refractivity contribution is 5.82. The van der Waals surface area contributed by atoms with E-state index >= 15 is 0 Å². The third kappa shape index (κ3) is 4.23. The van der Waals surface area contributed by atoms with Crippen molar-refractivity contribution in [3.8, 4) is 0 Å². The maximum absolute atomic E-state index is 12.2. The molecule has 1 amide bonds. The lowest BCUT2D eigenvalue weighted by molar-refractivity contribution is -0.133. The molecule has 1 fully saturated rings. The minimum Gasteiger partial charge on any atom is -0.389 e. The van der Waals surface area contributed by atoms with Crippen LogP contribution in [0.2, 0.25) is 0 Å². The van der Waals surface area contributed by atoms with Gasteiger partial charge in [-0.15, -0.1) is 0 Å². The second-order valence-corrected chi connectivity index (χ2v) is 5.58. The summed E-state index contributed by atoms with van der Waals surface area (Å²) < 4.78 is 4.83. The SMILES string of the molecule is COCC(O)CNC(=O)C(C)(C)C1CCCNC1. The fraction of sp³-hybridized carbons (Fsp3) is 0.923. The van der Waals surface area contributed by atoms with Crippen LogP contribution in [0.4, 0.5) is 0 Å². The molecular formula is C13H26N2O3. The van der Waals surface area contributed by atoms with Crippen LogP contribution in [0.1, 0.15) is 26.7 Å². The Hall–Kier alpha value is -0.650. The quantitative estimate of drug-likeness (QED) is 0.633. The van der Waals surface area contributed by atoms with E-state index in [0.717, 1.165) is 25.9 Å². The number of carbonyl (C=O) groups excluding carboxylic acids is 1. The predicted molar refractivity (Wildman–Crippen MR) is 70.3 cm³/mol. The normalized spacial score (nSPS) is 22.6. The molecule has 106 valence electrons. The molecule has 3 N–H and O–H groups in total. The maximum atomic E-state index is 12.2. The first-order chi connectivity index (χ1) is 8.48. The van der Waals surface area contributed by atoms with Gasteiger partial charge in [0.25, 0.3) is 0 Å². The largest absolute Gasteiger partial charge is 0.389 e. The molecule has 0 aromatic rings. The van der Waals surface area contributed by atoms with Gasteiger partial charge in [-0.25, -0.2) is 0 Å². The van der Waals surface area contributed by atoms with Crippen molar-refractivity contribution in [1.82, 2.24) is 10.6 Å². The summed E-state index contributed by atoms with van der Waals surface area (Å²) in [5.74, 6) is 0.358. The van der Waals surface area contributed by atoms with Crippen LogP contribution >= 0.6 is 0 Å². The smallest absolute Gasteiger partial charge is 0.226 e. The number of piperidine rings is 1. The number of aliphatic hydroxyl groups is 1. The van der Waals surface area contributed by atoms with Crippen LogP contribution in [0.3, 0.4) is 0 Å². The number of carbonyl (C=O) groups is 1. The lowest BCUT2D eigenvalue weighted by Crippen LogP contribution is -2.49. The van der Waals surface area contributed by atoms with Crippen molar-refractivity contribution in [3.05, 3.63) is 0 Å². The summed E-state index contributed by atoms with van der Waals surface area (Å²) in [5, 5.41) is 15.7. The van der Waals surface area contributed by atoms with E-state index < -0.39 is 11.5 Å². The average molecular weight is 258 g/mol. The molecular weight excluding hydrogens is 232 g/mol. The highest BCUT2D eigenvalue weighted by Gasteiger charge is 2.37. The van der Waals surface area contributed by atoms with E-state index in [0.29, 0.717) is 5.92 Å². The van der Waals surface area contributed by atoms with E-state index in [1.54, 1.807) is 0 Å². The zero-order chi connectivity index (χ0) is 13.6. The van der Waals surface area contributed by atoms with Crippen molar-refractivity contribution in [1.29, 1.82) is 0 Å². The molecule has 0 aromatic heterocycles. The number of amides is 1. The van der Waals surface area contributed by atoms with E-state index in [2.05, 4.69) is 10.6 Å². The second kappa shape index (κ2) is 7.07. The maximum Gasteiger partial charge on any atom is 0.226 e. The van der Waals surface area contributed by atoms with Gasteiger partial charge in [0.05, 0.1) is 12.7 Å². The minimum absolute atomic E-state index is 0.00588. The van der Waals surface area contributed by atoms with Gasteiger partial charge in [-0.3, -0.25) is 4.79 Å². The summed E-state index contributed by atoms with van der Waals surface area (Å²) in [6.45, 7) is 6.37. The summed E-state index contributed by atoms with van der Waals surface area (Å²) in [6, 6.07) is 0. The Morgan fingerprint density at radius 3 is 2.89 bits per heavy atom. The molecule has 18 heavy (non-hydrogen) atoms. The summed E-state index contributed by atoms with van der Waals surface area (Å²) in [7, 11) is 1.53. The number of aliphatic hydroxyl groups excluding tert-OH is 1. The lowest BCUT2D eigenvalue weighted by atomic mass is 9.74. The summed E-state index contributed by atoms with van der Waals surface area (Å²) in [6.07, 6.45) is 1.56. The van der Waals surface area contributed by atoms with Crippen LogP contribution in [-0.4, -0.2) is 50.5 Å². The zero-order valence-electron chi connectivity index (χ0n) is 11.7. The standard InChI is InChI=1S/C13H26N2O3/c1-13(2,10-5-4-6-14-7-10)12(17)15-8-11(16)9-18-3/h10-11,14,16H,4-9H2,1-3H3,(H,15,17). The Morgan fingerprint density at radius 1 is 1.61 bits per heavy atom. The highest BCUT2D eigenvalue weighted by Crippen LogP contribution is 2.31. The fourth-order valence-corrected chi connectivity index (χ4v) is 2.34. The number of nitrogens with one attached hydrogen (secondary N) is 2. The molecule has 1 saturated heterocycles. The topological polar surface area (TPSA) is 70.6 Å². The molecule has 0 spiro atoms. The Balaban J connectivity index is 2.42. The number of rotatable bonds is 6. The van der Waals surface area contributed by atoms with Crippen molar-refractivity contribution in [3.63, 3.8) is 0 Å². The molecule has 0 radical (unpaired) electrons. The van der Waals surface area contributed by atoms with Crippen LogP contribution in [-0.2, 0) is 9.53 Å². The minimum atomic E-state index is -0.640. The third-order valence-corrected chi connectivity index (χ3v) is 3.76. The van der Waals surface area contributed by atoms with Crippen LogP contribution in [0.15, 0.2) is 0 Å². The first-order valence-corrected chi connectivity index (χ1v) is 6.64. The fourth-order valence-electron chi connectivity index (χ4n) is 2.34. The Bertz CT molecular complexity index is 263. The van der Waals surface area contributed by atoms with Gasteiger partial charge in [0, 0.05) is 19.1 Å². The molecule has 0 aliphatic carbocycles. The van der Waals surface area contributed by atoms with Crippen LogP contribution in [0.5, 0.6) is 0 Å². The van der Waals surface area contributed by atoms with Gasteiger partial charge in [0.1, 0.15) is 0 Å². The van der Waals surface area contributed by atoms with Crippen molar-refractivity contribution >= 4 is 5.91 Å². The molecule has 5 nitrogen and oxygen atoms in total. The number of ether oxygens (including phenoxy) is 1.